The van der Waals surface area contributed by atoms with E-state index >= 15 is 0 Å². The number of rotatable bonds is 5. The van der Waals surface area contributed by atoms with Crippen molar-refractivity contribution < 1.29 is 0 Å². The molecule has 2 unspecified atom stereocenters. The van der Waals surface area contributed by atoms with E-state index in [0.717, 1.165) is 0 Å². The molecule has 0 saturated heterocycles. The monoisotopic (exact) mass is 267 g/mol. The predicted octanol–water partition coefficient (Wildman–Crippen LogP) is 4.34. The number of allylic oxidation sites excluding steroid dienone is 3. The summed E-state index contributed by atoms with van der Waals surface area (Å²) >= 11 is 4.36. The van der Waals surface area contributed by atoms with E-state index < -0.39 is 0 Å². The van der Waals surface area contributed by atoms with Gasteiger partial charge in [-0.1, -0.05) is 51.2 Å². The van der Waals surface area contributed by atoms with Gasteiger partial charge in [0, 0.05) is 11.3 Å². The number of nitrogens with zero attached hydrogens (tertiary/aromatic N) is 1. The Morgan fingerprint density at radius 1 is 1.22 bits per heavy atom. The van der Waals surface area contributed by atoms with Crippen LogP contribution >= 0.6 is 12.6 Å². The maximum atomic E-state index is 4.36. The quantitative estimate of drug-likeness (QED) is 0.573. The smallest absolute Gasteiger partial charge is 0.0390 e. The van der Waals surface area contributed by atoms with Crippen LogP contribution < -0.4 is 0 Å². The van der Waals surface area contributed by atoms with Gasteiger partial charge in [0.25, 0.3) is 0 Å². The topological polar surface area (TPSA) is 3.24 Å². The van der Waals surface area contributed by atoms with Gasteiger partial charge >= 0.3 is 0 Å². The van der Waals surface area contributed by atoms with Gasteiger partial charge in [-0.15, -0.1) is 0 Å². The molecule has 104 valence electrons. The molecule has 18 heavy (non-hydrogen) atoms. The Labute approximate surface area is 119 Å². The van der Waals surface area contributed by atoms with Crippen LogP contribution in [0.3, 0.4) is 0 Å². The molecule has 0 N–H and O–H groups in total. The van der Waals surface area contributed by atoms with E-state index in [1.54, 1.807) is 0 Å². The van der Waals surface area contributed by atoms with Crippen molar-refractivity contribution in [2.24, 2.45) is 5.41 Å². The fraction of sp³-hybridized carbons (Fsp3) is 0.625. The maximum absolute atomic E-state index is 4.36. The summed E-state index contributed by atoms with van der Waals surface area (Å²) in [6, 6.07) is 0.397. The fourth-order valence-corrected chi connectivity index (χ4v) is 2.43. The summed E-state index contributed by atoms with van der Waals surface area (Å²) in [5.41, 5.74) is 1.54. The second-order valence-corrected chi connectivity index (χ2v) is 6.84. The minimum absolute atomic E-state index is 0.204. The molecule has 0 aromatic carbocycles. The van der Waals surface area contributed by atoms with E-state index in [2.05, 4.69) is 96.6 Å². The second-order valence-electron chi connectivity index (χ2n) is 6.02. The van der Waals surface area contributed by atoms with Crippen LogP contribution in [0.2, 0.25) is 0 Å². The first-order valence-electron chi connectivity index (χ1n) is 6.55. The van der Waals surface area contributed by atoms with E-state index in [9.17, 15) is 0 Å². The maximum Gasteiger partial charge on any atom is 0.0390 e. The third-order valence-corrected chi connectivity index (χ3v) is 2.86. The average molecular weight is 267 g/mol. The number of hydrogen-bond donors (Lipinski definition) is 1. The van der Waals surface area contributed by atoms with Crippen molar-refractivity contribution in [2.75, 3.05) is 14.1 Å². The molecule has 0 rings (SSSR count). The van der Waals surface area contributed by atoms with Crippen molar-refractivity contribution in [3.63, 3.8) is 0 Å². The molecule has 2 heteroatoms. The average Bonchev–Trinajstić information content (AvgIpc) is 2.14. The van der Waals surface area contributed by atoms with Gasteiger partial charge in [-0.05, 0) is 38.9 Å². The van der Waals surface area contributed by atoms with Gasteiger partial charge < -0.3 is 4.90 Å². The van der Waals surface area contributed by atoms with Crippen molar-refractivity contribution in [3.05, 3.63) is 36.0 Å². The molecule has 0 aliphatic carbocycles. The lowest BCUT2D eigenvalue weighted by Crippen LogP contribution is -2.40. The minimum atomic E-state index is 0.204. The first-order chi connectivity index (χ1) is 8.20. The van der Waals surface area contributed by atoms with Gasteiger partial charge in [-0.2, -0.15) is 12.6 Å². The predicted molar refractivity (Wildman–Crippen MR) is 87.4 cm³/mol. The zero-order chi connectivity index (χ0) is 14.3. The van der Waals surface area contributed by atoms with Crippen LogP contribution in [0.4, 0.5) is 0 Å². The highest BCUT2D eigenvalue weighted by molar-refractivity contribution is 7.81. The molecular formula is C16H29NS. The van der Waals surface area contributed by atoms with Crippen LogP contribution in [0.1, 0.15) is 34.6 Å². The van der Waals surface area contributed by atoms with Crippen LogP contribution in [0, 0.1) is 5.41 Å². The van der Waals surface area contributed by atoms with E-state index in [-0.39, 0.29) is 5.41 Å². The number of likely N-dealkylation sites (N-methyl/N-ethyl adjacent to an activating group) is 1. The minimum Gasteiger partial charge on any atom is -0.302 e. The van der Waals surface area contributed by atoms with Crippen molar-refractivity contribution in [3.8, 4) is 0 Å². The normalized spacial score (nSPS) is 17.9. The molecule has 0 radical (unpaired) electrons. The lowest BCUT2D eigenvalue weighted by Gasteiger charge is -2.37. The van der Waals surface area contributed by atoms with Gasteiger partial charge in [-0.25, -0.2) is 0 Å². The van der Waals surface area contributed by atoms with Gasteiger partial charge in [0.05, 0.1) is 0 Å². The molecule has 0 heterocycles. The van der Waals surface area contributed by atoms with Crippen molar-refractivity contribution in [1.29, 1.82) is 0 Å². The highest BCUT2D eigenvalue weighted by Gasteiger charge is 2.28. The molecule has 0 aromatic heterocycles. The summed E-state index contributed by atoms with van der Waals surface area (Å²) in [5.74, 6) is 0. The van der Waals surface area contributed by atoms with Crippen molar-refractivity contribution in [1.82, 2.24) is 4.90 Å². The summed E-state index contributed by atoms with van der Waals surface area (Å²) in [4.78, 5) is 2.28. The van der Waals surface area contributed by atoms with Crippen LogP contribution in [0.25, 0.3) is 0 Å². The van der Waals surface area contributed by atoms with Crippen LogP contribution in [-0.4, -0.2) is 30.3 Å². The first-order valence-corrected chi connectivity index (χ1v) is 7.07. The molecule has 2 atom stereocenters. The van der Waals surface area contributed by atoms with Crippen LogP contribution in [0.5, 0.6) is 0 Å². The summed E-state index contributed by atoms with van der Waals surface area (Å²) in [7, 11) is 4.27. The first kappa shape index (κ1) is 17.5. The van der Waals surface area contributed by atoms with E-state index in [4.69, 9.17) is 0 Å². The third kappa shape index (κ3) is 6.46. The summed E-state index contributed by atoms with van der Waals surface area (Å²) in [6.45, 7) is 11.0. The molecule has 0 aromatic rings. The SMILES string of the molecule is C\C=C/C(=C\C=C/C(C)S)C(N(C)C)C(C)(C)C. The van der Waals surface area contributed by atoms with Crippen molar-refractivity contribution >= 4 is 12.6 Å². The summed E-state index contributed by atoms with van der Waals surface area (Å²) in [6.07, 6.45) is 10.7. The Morgan fingerprint density at radius 3 is 2.11 bits per heavy atom. The van der Waals surface area contributed by atoms with Gasteiger partial charge in [0.15, 0.2) is 0 Å². The fourth-order valence-electron chi connectivity index (χ4n) is 2.33. The molecule has 0 aliphatic heterocycles. The summed E-state index contributed by atoms with van der Waals surface area (Å²) < 4.78 is 0. The number of thiol groups is 1. The lowest BCUT2D eigenvalue weighted by molar-refractivity contribution is 0.187. The standard InChI is InChI=1S/C16H29NS/c1-8-10-14(12-9-11-13(2)18)15(17(6)7)16(3,4)5/h8-13,15,18H,1-7H3/b10-8-,11-9-,14-12+. The number of hydrogen-bond acceptors (Lipinski definition) is 2. The molecule has 0 saturated carbocycles. The zero-order valence-electron chi connectivity index (χ0n) is 12.9. The Balaban J connectivity index is 5.30. The van der Waals surface area contributed by atoms with E-state index in [1.165, 1.54) is 5.57 Å². The van der Waals surface area contributed by atoms with Crippen molar-refractivity contribution in [2.45, 2.75) is 45.9 Å². The Morgan fingerprint density at radius 2 is 1.78 bits per heavy atom. The Bertz CT molecular complexity index is 316. The highest BCUT2D eigenvalue weighted by Crippen LogP contribution is 2.29. The third-order valence-electron chi connectivity index (χ3n) is 2.69. The molecule has 0 aliphatic rings. The molecular weight excluding hydrogens is 238 g/mol. The van der Waals surface area contributed by atoms with Gasteiger partial charge in [0.2, 0.25) is 0 Å². The lowest BCUT2D eigenvalue weighted by atomic mass is 9.81. The Kier molecular flexibility index (Phi) is 7.65. The van der Waals surface area contributed by atoms with Crippen LogP contribution in [0.15, 0.2) is 36.0 Å². The molecule has 0 bridgehead atoms. The molecule has 0 fully saturated rings. The summed E-state index contributed by atoms with van der Waals surface area (Å²) in [5, 5.41) is 0.292. The highest BCUT2D eigenvalue weighted by atomic mass is 32.1. The molecule has 0 spiro atoms. The van der Waals surface area contributed by atoms with Gasteiger partial charge in [-0.3, -0.25) is 0 Å². The second kappa shape index (κ2) is 7.85. The molecule has 1 nitrogen and oxygen atoms in total. The zero-order valence-corrected chi connectivity index (χ0v) is 13.8. The Hall–Kier alpha value is -0.470. The van der Waals surface area contributed by atoms with E-state index in [1.807, 2.05) is 0 Å². The molecule has 0 amide bonds. The van der Waals surface area contributed by atoms with E-state index in [0.29, 0.717) is 11.3 Å². The largest absolute Gasteiger partial charge is 0.302 e. The van der Waals surface area contributed by atoms with Gasteiger partial charge in [0.1, 0.15) is 0 Å². The van der Waals surface area contributed by atoms with Crippen LogP contribution in [-0.2, 0) is 0 Å².